The fraction of sp³-hybridized carbons (Fsp3) is 0.500. The number of aliphatic hydroxyl groups is 1. The molecule has 1 aromatic rings. The van der Waals surface area contributed by atoms with Gasteiger partial charge in [0.2, 0.25) is 0 Å². The van der Waals surface area contributed by atoms with E-state index in [1.807, 2.05) is 6.92 Å². The SMILES string of the molecule is CCC[C@@H](O)[C@@H](N)c1ccc2c(c1)OC(F)(F)O2. The third kappa shape index (κ3) is 2.54. The van der Waals surface area contributed by atoms with Gasteiger partial charge in [0.05, 0.1) is 12.1 Å². The molecular weight excluding hydrogens is 244 g/mol. The predicted molar refractivity (Wildman–Crippen MR) is 60.5 cm³/mol. The Bertz CT molecular complexity index is 439. The first-order valence-corrected chi connectivity index (χ1v) is 5.76. The molecule has 2 atom stereocenters. The maximum absolute atomic E-state index is 12.8. The Labute approximate surface area is 103 Å². The highest BCUT2D eigenvalue weighted by molar-refractivity contribution is 5.46. The molecule has 0 bridgehead atoms. The Morgan fingerprint density at radius 1 is 1.33 bits per heavy atom. The second-order valence-corrected chi connectivity index (χ2v) is 4.26. The van der Waals surface area contributed by atoms with Crippen molar-refractivity contribution in [3.63, 3.8) is 0 Å². The second-order valence-electron chi connectivity index (χ2n) is 4.26. The molecule has 6 heteroatoms. The summed E-state index contributed by atoms with van der Waals surface area (Å²) < 4.78 is 34.3. The molecule has 3 N–H and O–H groups in total. The van der Waals surface area contributed by atoms with Gasteiger partial charge in [-0.2, -0.15) is 0 Å². The molecule has 0 spiro atoms. The number of nitrogens with two attached hydrogens (primary N) is 1. The highest BCUT2D eigenvalue weighted by Crippen LogP contribution is 2.42. The Kier molecular flexibility index (Phi) is 3.41. The zero-order chi connectivity index (χ0) is 13.3. The molecular formula is C12H15F2NO3. The summed E-state index contributed by atoms with van der Waals surface area (Å²) in [5.41, 5.74) is 6.39. The third-order valence-corrected chi connectivity index (χ3v) is 2.81. The van der Waals surface area contributed by atoms with Crippen molar-refractivity contribution in [2.75, 3.05) is 0 Å². The number of alkyl halides is 2. The second kappa shape index (κ2) is 4.70. The molecule has 18 heavy (non-hydrogen) atoms. The molecule has 0 saturated heterocycles. The molecule has 1 aliphatic rings. The van der Waals surface area contributed by atoms with E-state index in [1.165, 1.54) is 12.1 Å². The van der Waals surface area contributed by atoms with Crippen LogP contribution in [0.1, 0.15) is 31.4 Å². The maximum Gasteiger partial charge on any atom is 0.586 e. The number of rotatable bonds is 4. The molecule has 0 amide bonds. The molecule has 100 valence electrons. The lowest BCUT2D eigenvalue weighted by molar-refractivity contribution is -0.286. The van der Waals surface area contributed by atoms with Gasteiger partial charge in [0, 0.05) is 0 Å². The molecule has 1 aliphatic heterocycles. The Morgan fingerprint density at radius 3 is 2.67 bits per heavy atom. The quantitative estimate of drug-likeness (QED) is 0.869. The first-order chi connectivity index (χ1) is 8.43. The number of fused-ring (bicyclic) bond motifs is 1. The summed E-state index contributed by atoms with van der Waals surface area (Å²) in [5.74, 6) is -0.0856. The van der Waals surface area contributed by atoms with Gasteiger partial charge in [-0.3, -0.25) is 0 Å². The van der Waals surface area contributed by atoms with Crippen LogP contribution < -0.4 is 15.2 Å². The van der Waals surface area contributed by atoms with Gasteiger partial charge in [0.25, 0.3) is 0 Å². The average Bonchev–Trinajstić information content (AvgIpc) is 2.60. The lowest BCUT2D eigenvalue weighted by Crippen LogP contribution is -2.26. The van der Waals surface area contributed by atoms with E-state index < -0.39 is 18.4 Å². The van der Waals surface area contributed by atoms with E-state index in [2.05, 4.69) is 9.47 Å². The zero-order valence-corrected chi connectivity index (χ0v) is 9.90. The van der Waals surface area contributed by atoms with E-state index in [1.54, 1.807) is 6.07 Å². The van der Waals surface area contributed by atoms with E-state index in [0.717, 1.165) is 6.42 Å². The fourth-order valence-corrected chi connectivity index (χ4v) is 1.87. The molecule has 4 nitrogen and oxygen atoms in total. The van der Waals surface area contributed by atoms with Gasteiger partial charge in [-0.15, -0.1) is 8.78 Å². The van der Waals surface area contributed by atoms with Gasteiger partial charge in [-0.1, -0.05) is 19.4 Å². The Balaban J connectivity index is 2.18. The fourth-order valence-electron chi connectivity index (χ4n) is 1.87. The first-order valence-electron chi connectivity index (χ1n) is 5.76. The minimum atomic E-state index is -3.63. The highest BCUT2D eigenvalue weighted by Gasteiger charge is 2.43. The van der Waals surface area contributed by atoms with Crippen LogP contribution in [0.15, 0.2) is 18.2 Å². The smallest absolute Gasteiger partial charge is 0.395 e. The van der Waals surface area contributed by atoms with Gasteiger partial charge >= 0.3 is 6.29 Å². The summed E-state index contributed by atoms with van der Waals surface area (Å²) in [7, 11) is 0. The Morgan fingerprint density at radius 2 is 2.00 bits per heavy atom. The molecule has 0 aromatic heterocycles. The summed E-state index contributed by atoms with van der Waals surface area (Å²) in [4.78, 5) is 0. The van der Waals surface area contributed by atoms with Crippen molar-refractivity contribution in [3.05, 3.63) is 23.8 Å². The van der Waals surface area contributed by atoms with Gasteiger partial charge in [0.15, 0.2) is 11.5 Å². The number of halogens is 2. The van der Waals surface area contributed by atoms with Crippen LogP contribution in [0, 0.1) is 0 Å². The van der Waals surface area contributed by atoms with Gasteiger partial charge in [-0.25, -0.2) is 0 Å². The van der Waals surface area contributed by atoms with E-state index in [-0.39, 0.29) is 11.5 Å². The third-order valence-electron chi connectivity index (χ3n) is 2.81. The van der Waals surface area contributed by atoms with E-state index >= 15 is 0 Å². The Hall–Kier alpha value is -1.40. The van der Waals surface area contributed by atoms with Gasteiger partial charge in [0.1, 0.15) is 0 Å². The van der Waals surface area contributed by atoms with Crippen LogP contribution in [0.2, 0.25) is 0 Å². The van der Waals surface area contributed by atoms with Crippen LogP contribution in [0.3, 0.4) is 0 Å². The first kappa shape index (κ1) is 13.0. The molecule has 2 rings (SSSR count). The minimum absolute atomic E-state index is 0.0269. The van der Waals surface area contributed by atoms with Crippen molar-refractivity contribution in [2.24, 2.45) is 5.73 Å². The standard InChI is InChI=1S/C12H15F2NO3/c1-2-3-8(16)11(15)7-4-5-9-10(6-7)18-12(13,14)17-9/h4-6,8,11,16H,2-3,15H2,1H3/t8-,11+/m1/s1. The van der Waals surface area contributed by atoms with Crippen LogP contribution in [-0.4, -0.2) is 17.5 Å². The van der Waals surface area contributed by atoms with Gasteiger partial charge in [-0.05, 0) is 24.1 Å². The largest absolute Gasteiger partial charge is 0.586 e. The van der Waals surface area contributed by atoms with Crippen molar-refractivity contribution in [1.82, 2.24) is 0 Å². The topological polar surface area (TPSA) is 64.7 Å². The summed E-state index contributed by atoms with van der Waals surface area (Å²) in [5, 5.41) is 9.78. The maximum atomic E-state index is 12.8. The molecule has 0 radical (unpaired) electrons. The summed E-state index contributed by atoms with van der Waals surface area (Å²) in [6.07, 6.45) is -3.01. The van der Waals surface area contributed by atoms with Crippen LogP contribution >= 0.6 is 0 Å². The average molecular weight is 259 g/mol. The minimum Gasteiger partial charge on any atom is -0.395 e. The van der Waals surface area contributed by atoms with Crippen LogP contribution in [-0.2, 0) is 0 Å². The van der Waals surface area contributed by atoms with E-state index in [9.17, 15) is 13.9 Å². The van der Waals surface area contributed by atoms with E-state index in [0.29, 0.717) is 12.0 Å². The normalized spacial score (nSPS) is 19.6. The van der Waals surface area contributed by atoms with Crippen molar-refractivity contribution in [1.29, 1.82) is 0 Å². The van der Waals surface area contributed by atoms with Crippen molar-refractivity contribution >= 4 is 0 Å². The number of benzene rings is 1. The summed E-state index contributed by atoms with van der Waals surface area (Å²) >= 11 is 0. The number of ether oxygens (including phenoxy) is 2. The van der Waals surface area contributed by atoms with Crippen molar-refractivity contribution < 1.29 is 23.4 Å². The predicted octanol–water partition coefficient (Wildman–Crippen LogP) is 2.17. The zero-order valence-electron chi connectivity index (χ0n) is 9.90. The molecule has 0 aliphatic carbocycles. The summed E-state index contributed by atoms with van der Waals surface area (Å²) in [6.45, 7) is 1.93. The lowest BCUT2D eigenvalue weighted by Gasteiger charge is -2.18. The highest BCUT2D eigenvalue weighted by atomic mass is 19.3. The van der Waals surface area contributed by atoms with Gasteiger partial charge < -0.3 is 20.3 Å². The molecule has 0 unspecified atom stereocenters. The monoisotopic (exact) mass is 259 g/mol. The van der Waals surface area contributed by atoms with Crippen LogP contribution in [0.25, 0.3) is 0 Å². The molecule has 1 heterocycles. The molecule has 0 fully saturated rings. The number of hydrogen-bond donors (Lipinski definition) is 2. The van der Waals surface area contributed by atoms with Crippen molar-refractivity contribution in [2.45, 2.75) is 38.2 Å². The lowest BCUT2D eigenvalue weighted by atomic mass is 9.99. The molecule has 0 saturated carbocycles. The number of hydrogen-bond acceptors (Lipinski definition) is 4. The van der Waals surface area contributed by atoms with E-state index in [4.69, 9.17) is 5.73 Å². The summed E-state index contributed by atoms with van der Waals surface area (Å²) in [6, 6.07) is 3.66. The van der Waals surface area contributed by atoms with Crippen LogP contribution in [0.5, 0.6) is 11.5 Å². The number of aliphatic hydroxyl groups excluding tert-OH is 1. The van der Waals surface area contributed by atoms with Crippen molar-refractivity contribution in [3.8, 4) is 11.5 Å². The molecule has 1 aromatic carbocycles. The van der Waals surface area contributed by atoms with Crippen LogP contribution in [0.4, 0.5) is 8.78 Å².